The van der Waals surface area contributed by atoms with Gasteiger partial charge in [-0.3, -0.25) is 9.79 Å². The van der Waals surface area contributed by atoms with Gasteiger partial charge in [-0.15, -0.1) is 0 Å². The molecule has 1 fully saturated rings. The zero-order valence-electron chi connectivity index (χ0n) is 17.0. The van der Waals surface area contributed by atoms with Gasteiger partial charge in [-0.2, -0.15) is 18.4 Å². The first kappa shape index (κ1) is 24.3. The molecule has 3 rings (SSSR count). The number of carbonyl (C=O) groups is 1. The number of hydrogen-bond acceptors (Lipinski definition) is 5. The highest BCUT2D eigenvalue weighted by Crippen LogP contribution is 2.39. The topological polar surface area (TPSA) is 74.5 Å². The molecule has 1 atom stereocenters. The summed E-state index contributed by atoms with van der Waals surface area (Å²) in [4.78, 5) is 16.2. The van der Waals surface area contributed by atoms with Crippen LogP contribution in [0.5, 0.6) is 11.5 Å². The second-order valence-corrected chi connectivity index (χ2v) is 7.86. The van der Waals surface area contributed by atoms with Crippen molar-refractivity contribution in [1.82, 2.24) is 5.32 Å². The van der Waals surface area contributed by atoms with Crippen LogP contribution in [-0.4, -0.2) is 23.8 Å². The Morgan fingerprint density at radius 2 is 1.97 bits per heavy atom. The number of nitrogens with one attached hydrogen (secondary N) is 1. The van der Waals surface area contributed by atoms with Gasteiger partial charge in [-0.05, 0) is 60.2 Å². The third-order valence-corrected chi connectivity index (χ3v) is 5.36. The number of aliphatic imine (C=N–C) groups is 1. The van der Waals surface area contributed by atoms with E-state index in [1.54, 1.807) is 13.0 Å². The minimum Gasteiger partial charge on any atom is -0.454 e. The van der Waals surface area contributed by atoms with Gasteiger partial charge in [0, 0.05) is 0 Å². The number of rotatable bonds is 6. The van der Waals surface area contributed by atoms with Gasteiger partial charge in [-0.25, -0.2) is 8.78 Å². The van der Waals surface area contributed by atoms with Crippen LogP contribution < -0.4 is 10.1 Å². The summed E-state index contributed by atoms with van der Waals surface area (Å²) in [6.45, 7) is 1.58. The molecule has 11 heteroatoms. The lowest BCUT2D eigenvalue weighted by Gasteiger charge is -2.14. The van der Waals surface area contributed by atoms with Crippen LogP contribution in [0.2, 0.25) is 0 Å². The predicted molar refractivity (Wildman–Crippen MR) is 114 cm³/mol. The van der Waals surface area contributed by atoms with Crippen LogP contribution in [0.3, 0.4) is 0 Å². The fourth-order valence-electron chi connectivity index (χ4n) is 2.68. The van der Waals surface area contributed by atoms with Crippen LogP contribution in [0.1, 0.15) is 30.0 Å². The molecule has 5 nitrogen and oxygen atoms in total. The number of amides is 1. The Morgan fingerprint density at radius 1 is 1.24 bits per heavy atom. The van der Waals surface area contributed by atoms with Crippen molar-refractivity contribution in [1.29, 1.82) is 5.26 Å². The fourth-order valence-corrected chi connectivity index (χ4v) is 3.51. The molecule has 1 unspecified atom stereocenters. The zero-order valence-corrected chi connectivity index (χ0v) is 17.9. The SMILES string of the molecule is CCC(F)CN=C1NC(=O)/C(=C/c2ccc(Oc3ccc(C#N)cc3C(F)(F)F)c(F)c2)S1. The number of thioether (sulfide) groups is 1. The number of nitriles is 1. The quantitative estimate of drug-likeness (QED) is 0.417. The number of carbonyl (C=O) groups excluding carboxylic acids is 1. The minimum atomic E-state index is -4.81. The number of hydrogen-bond donors (Lipinski definition) is 1. The van der Waals surface area contributed by atoms with E-state index in [9.17, 15) is 26.7 Å². The van der Waals surface area contributed by atoms with Gasteiger partial charge >= 0.3 is 6.18 Å². The molecule has 0 saturated carbocycles. The fraction of sp³-hybridized carbons (Fsp3) is 0.227. The summed E-state index contributed by atoms with van der Waals surface area (Å²) < 4.78 is 72.9. The zero-order chi connectivity index (χ0) is 24.2. The Bertz CT molecular complexity index is 1170. The largest absolute Gasteiger partial charge is 0.454 e. The number of alkyl halides is 4. The average Bonchev–Trinajstić information content (AvgIpc) is 3.12. The van der Waals surface area contributed by atoms with Crippen molar-refractivity contribution in [2.75, 3.05) is 6.54 Å². The van der Waals surface area contributed by atoms with Crippen molar-refractivity contribution in [3.05, 3.63) is 63.8 Å². The van der Waals surface area contributed by atoms with E-state index < -0.39 is 41.1 Å². The highest BCUT2D eigenvalue weighted by atomic mass is 32.2. The molecule has 0 aliphatic carbocycles. The van der Waals surface area contributed by atoms with Crippen LogP contribution in [0, 0.1) is 17.1 Å². The van der Waals surface area contributed by atoms with Gasteiger partial charge in [0.2, 0.25) is 0 Å². The van der Waals surface area contributed by atoms with E-state index in [4.69, 9.17) is 10.00 Å². The molecule has 1 aliphatic heterocycles. The molecule has 33 heavy (non-hydrogen) atoms. The Labute approximate surface area is 190 Å². The molecule has 0 spiro atoms. The normalized spacial score (nSPS) is 17.2. The summed E-state index contributed by atoms with van der Waals surface area (Å²) in [6, 6.07) is 7.78. The van der Waals surface area contributed by atoms with Gasteiger partial charge in [0.1, 0.15) is 11.9 Å². The molecule has 1 saturated heterocycles. The smallest absolute Gasteiger partial charge is 0.420 e. The molecule has 1 heterocycles. The summed E-state index contributed by atoms with van der Waals surface area (Å²) in [7, 11) is 0. The molecular formula is C22H16F5N3O2S. The second kappa shape index (κ2) is 10.0. The van der Waals surface area contributed by atoms with Gasteiger partial charge in [0.25, 0.3) is 5.91 Å². The highest BCUT2D eigenvalue weighted by Gasteiger charge is 2.35. The monoisotopic (exact) mass is 481 g/mol. The van der Waals surface area contributed by atoms with Crippen LogP contribution in [0.25, 0.3) is 6.08 Å². The molecule has 0 aromatic heterocycles. The maximum atomic E-state index is 14.5. The van der Waals surface area contributed by atoms with E-state index >= 15 is 0 Å². The molecule has 1 N–H and O–H groups in total. The molecule has 0 bridgehead atoms. The number of ether oxygens (including phenoxy) is 1. The minimum absolute atomic E-state index is 0.0949. The van der Waals surface area contributed by atoms with Crippen LogP contribution in [0.15, 0.2) is 46.3 Å². The Balaban J connectivity index is 1.81. The highest BCUT2D eigenvalue weighted by molar-refractivity contribution is 8.18. The average molecular weight is 481 g/mol. The molecular weight excluding hydrogens is 465 g/mol. The first-order valence-electron chi connectivity index (χ1n) is 9.59. The number of halogens is 5. The predicted octanol–water partition coefficient (Wildman–Crippen LogP) is 5.82. The third kappa shape index (κ3) is 6.10. The first-order valence-corrected chi connectivity index (χ1v) is 10.4. The Kier molecular flexibility index (Phi) is 7.38. The van der Waals surface area contributed by atoms with Crippen molar-refractivity contribution >= 4 is 28.9 Å². The van der Waals surface area contributed by atoms with Gasteiger partial charge in [0.05, 0.1) is 28.6 Å². The first-order chi connectivity index (χ1) is 15.6. The molecule has 0 radical (unpaired) electrons. The molecule has 2 aromatic rings. The van der Waals surface area contributed by atoms with Crippen molar-refractivity contribution in [3.63, 3.8) is 0 Å². The van der Waals surface area contributed by atoms with Gasteiger partial charge in [-0.1, -0.05) is 13.0 Å². The molecule has 1 amide bonds. The standard InChI is InChI=1S/C22H16F5N3O2S/c1-2-14(23)11-29-21-30-20(31)19(33-21)9-12-3-6-18(16(24)8-12)32-17-5-4-13(10-28)7-15(17)22(25,26)27/h3-9,14H,2,11H2,1H3,(H,29,30,31)/b19-9-. The van der Waals surface area contributed by atoms with E-state index in [1.807, 2.05) is 0 Å². The maximum Gasteiger partial charge on any atom is 0.420 e. The number of benzene rings is 2. The van der Waals surface area contributed by atoms with Crippen molar-refractivity contribution in [2.24, 2.45) is 4.99 Å². The van der Waals surface area contributed by atoms with Crippen LogP contribution >= 0.6 is 11.8 Å². The van der Waals surface area contributed by atoms with Gasteiger partial charge in [0.15, 0.2) is 16.7 Å². The van der Waals surface area contributed by atoms with E-state index in [1.165, 1.54) is 12.1 Å². The summed E-state index contributed by atoms with van der Waals surface area (Å²) in [6.07, 6.45) is -4.28. The van der Waals surface area contributed by atoms with Crippen molar-refractivity contribution in [2.45, 2.75) is 25.7 Å². The summed E-state index contributed by atoms with van der Waals surface area (Å²) in [5, 5.41) is 11.5. The van der Waals surface area contributed by atoms with E-state index in [0.29, 0.717) is 12.5 Å². The third-order valence-electron chi connectivity index (χ3n) is 4.41. The lowest BCUT2D eigenvalue weighted by Crippen LogP contribution is -2.20. The summed E-state index contributed by atoms with van der Waals surface area (Å²) >= 11 is 0.966. The van der Waals surface area contributed by atoms with Crippen LogP contribution in [-0.2, 0) is 11.0 Å². The van der Waals surface area contributed by atoms with E-state index in [-0.39, 0.29) is 27.7 Å². The molecule has 2 aromatic carbocycles. The Morgan fingerprint density at radius 3 is 2.61 bits per heavy atom. The molecule has 172 valence electrons. The lowest BCUT2D eigenvalue weighted by molar-refractivity contribution is -0.138. The number of amidine groups is 1. The lowest BCUT2D eigenvalue weighted by atomic mass is 10.1. The summed E-state index contributed by atoms with van der Waals surface area (Å²) in [5.74, 6) is -2.57. The van der Waals surface area contributed by atoms with E-state index in [0.717, 1.165) is 36.0 Å². The van der Waals surface area contributed by atoms with E-state index in [2.05, 4.69) is 10.3 Å². The molecule has 1 aliphatic rings. The Hall–Kier alpha value is -3.39. The van der Waals surface area contributed by atoms with Crippen molar-refractivity contribution < 1.29 is 31.5 Å². The summed E-state index contributed by atoms with van der Waals surface area (Å²) in [5.41, 5.74) is -1.17. The van der Waals surface area contributed by atoms with Gasteiger partial charge < -0.3 is 10.1 Å². The van der Waals surface area contributed by atoms with Crippen LogP contribution in [0.4, 0.5) is 22.0 Å². The number of nitrogens with zero attached hydrogens (tertiary/aromatic N) is 2. The second-order valence-electron chi connectivity index (χ2n) is 6.83. The van der Waals surface area contributed by atoms with Crippen molar-refractivity contribution in [3.8, 4) is 17.6 Å². The maximum absolute atomic E-state index is 14.5.